The highest BCUT2D eigenvalue weighted by atomic mass is 19.1. The number of benzene rings is 1. The van der Waals surface area contributed by atoms with E-state index in [1.165, 1.54) is 12.1 Å². The topological polar surface area (TPSA) is 83.0 Å². The molecule has 0 spiro atoms. The van der Waals surface area contributed by atoms with Crippen molar-refractivity contribution < 1.29 is 23.8 Å². The lowest BCUT2D eigenvalue weighted by molar-refractivity contribution is -0.138. The predicted molar refractivity (Wildman–Crippen MR) is 126 cm³/mol. The number of fused-ring (bicyclic) bond motifs is 1. The number of ether oxygens (including phenoxy) is 1. The Morgan fingerprint density at radius 2 is 2.09 bits per heavy atom. The minimum atomic E-state index is -0.409. The summed E-state index contributed by atoms with van der Waals surface area (Å²) in [4.78, 5) is 34.0. The minimum Gasteiger partial charge on any atom is -0.472 e. The van der Waals surface area contributed by atoms with Crippen LogP contribution in [-0.2, 0) is 4.79 Å². The molecular formula is C26H32FN3O4. The molecule has 2 amide bonds. The second-order valence-corrected chi connectivity index (χ2v) is 9.56. The van der Waals surface area contributed by atoms with Gasteiger partial charge >= 0.3 is 0 Å². The van der Waals surface area contributed by atoms with E-state index < -0.39 is 6.04 Å². The number of rotatable bonds is 6. The van der Waals surface area contributed by atoms with Gasteiger partial charge in [0.2, 0.25) is 11.8 Å². The Kier molecular flexibility index (Phi) is 7.16. The number of aliphatic hydroxyl groups is 1. The molecule has 2 aromatic rings. The average Bonchev–Trinajstić information content (AvgIpc) is 2.79. The number of carbonyl (C=O) groups is 2. The molecule has 1 N–H and O–H groups in total. The molecule has 1 aliphatic heterocycles. The summed E-state index contributed by atoms with van der Waals surface area (Å²) in [5.41, 5.74) is 1.45. The summed E-state index contributed by atoms with van der Waals surface area (Å²) in [5, 5.41) is 9.81. The number of hydrogen-bond donors (Lipinski definition) is 1. The number of carbonyl (C=O) groups excluding carboxylic acids is 2. The first-order chi connectivity index (χ1) is 16.3. The van der Waals surface area contributed by atoms with Crippen LogP contribution in [0.25, 0.3) is 11.1 Å². The maximum Gasteiger partial charge on any atom is 0.259 e. The third-order valence-corrected chi connectivity index (χ3v) is 6.96. The molecular weight excluding hydrogens is 437 g/mol. The van der Waals surface area contributed by atoms with E-state index in [0.717, 1.165) is 19.3 Å². The zero-order valence-corrected chi connectivity index (χ0v) is 19.9. The normalized spacial score (nSPS) is 21.6. The third-order valence-electron chi connectivity index (χ3n) is 6.96. The number of likely N-dealkylation sites (N-methyl/N-ethyl adjacent to an activating group) is 1. The van der Waals surface area contributed by atoms with Gasteiger partial charge in [-0.05, 0) is 43.5 Å². The number of halogens is 1. The highest BCUT2D eigenvalue weighted by Gasteiger charge is 2.36. The second kappa shape index (κ2) is 10.1. The van der Waals surface area contributed by atoms with Crippen LogP contribution < -0.4 is 4.74 Å². The lowest BCUT2D eigenvalue weighted by Gasteiger charge is -2.38. The van der Waals surface area contributed by atoms with Gasteiger partial charge in [-0.25, -0.2) is 9.37 Å². The molecule has 0 bridgehead atoms. The van der Waals surface area contributed by atoms with Gasteiger partial charge in [-0.3, -0.25) is 9.59 Å². The number of aromatic nitrogens is 1. The Bertz CT molecular complexity index is 1060. The summed E-state index contributed by atoms with van der Waals surface area (Å²) in [7, 11) is 1.79. The van der Waals surface area contributed by atoms with Gasteiger partial charge in [0.1, 0.15) is 17.5 Å². The zero-order chi connectivity index (χ0) is 24.4. The molecule has 0 unspecified atom stereocenters. The SMILES string of the molecule is C[C@H]1CN([C@@H](C)CO)C(=O)c2cc(-c3cccc(F)c3)cnc2O[C@H]1CN(C)C(=O)C1CCC1. The first kappa shape index (κ1) is 24.1. The maximum absolute atomic E-state index is 13.8. The third kappa shape index (κ3) is 4.92. The summed E-state index contributed by atoms with van der Waals surface area (Å²) in [6.45, 7) is 4.32. The standard InChI is InChI=1S/C26H32FN3O4/c1-16-13-30(17(2)15-31)26(33)22-11-20(19-8-5-9-21(27)10-19)12-28-24(22)34-23(16)14-29(3)25(32)18-6-4-7-18/h5,8-12,16-18,23,31H,4,6-7,13-15H2,1-3H3/t16-,17-,23-/m0/s1. The summed E-state index contributed by atoms with van der Waals surface area (Å²) < 4.78 is 20.0. The van der Waals surface area contributed by atoms with Crippen molar-refractivity contribution in [2.45, 2.75) is 45.3 Å². The van der Waals surface area contributed by atoms with E-state index in [0.29, 0.717) is 24.2 Å². The van der Waals surface area contributed by atoms with Gasteiger partial charge in [-0.15, -0.1) is 0 Å². The van der Waals surface area contributed by atoms with E-state index in [9.17, 15) is 19.1 Å². The lowest BCUT2D eigenvalue weighted by Crippen LogP contribution is -2.51. The Morgan fingerprint density at radius 3 is 2.74 bits per heavy atom. The van der Waals surface area contributed by atoms with Gasteiger partial charge in [-0.2, -0.15) is 0 Å². The lowest BCUT2D eigenvalue weighted by atomic mass is 9.84. The molecule has 34 heavy (non-hydrogen) atoms. The minimum absolute atomic E-state index is 0.0839. The molecule has 3 atom stereocenters. The van der Waals surface area contributed by atoms with Crippen molar-refractivity contribution in [1.29, 1.82) is 0 Å². The average molecular weight is 470 g/mol. The van der Waals surface area contributed by atoms with E-state index in [4.69, 9.17) is 4.74 Å². The van der Waals surface area contributed by atoms with Crippen molar-refractivity contribution >= 4 is 11.8 Å². The molecule has 1 aromatic carbocycles. The molecule has 2 aliphatic rings. The molecule has 0 saturated heterocycles. The molecule has 2 heterocycles. The smallest absolute Gasteiger partial charge is 0.259 e. The van der Waals surface area contributed by atoms with Crippen molar-refractivity contribution in [1.82, 2.24) is 14.8 Å². The first-order valence-corrected chi connectivity index (χ1v) is 11.9. The molecule has 1 saturated carbocycles. The van der Waals surface area contributed by atoms with E-state index in [1.54, 1.807) is 48.2 Å². The van der Waals surface area contributed by atoms with Gasteiger partial charge in [0.15, 0.2) is 0 Å². The van der Waals surface area contributed by atoms with Crippen molar-refractivity contribution in [2.75, 3.05) is 26.7 Å². The van der Waals surface area contributed by atoms with Crippen LogP contribution in [0.2, 0.25) is 0 Å². The predicted octanol–water partition coefficient (Wildman–Crippen LogP) is 3.37. The quantitative estimate of drug-likeness (QED) is 0.702. The molecule has 1 fully saturated rings. The number of amides is 2. The fraction of sp³-hybridized carbons (Fsp3) is 0.500. The van der Waals surface area contributed by atoms with Gasteiger partial charge < -0.3 is 19.6 Å². The summed E-state index contributed by atoms with van der Waals surface area (Å²) >= 11 is 0. The van der Waals surface area contributed by atoms with Crippen LogP contribution in [0.4, 0.5) is 4.39 Å². The molecule has 4 rings (SSSR count). The van der Waals surface area contributed by atoms with Crippen LogP contribution in [0.3, 0.4) is 0 Å². The second-order valence-electron chi connectivity index (χ2n) is 9.56. The monoisotopic (exact) mass is 469 g/mol. The number of hydrogen-bond acceptors (Lipinski definition) is 5. The first-order valence-electron chi connectivity index (χ1n) is 11.9. The molecule has 7 nitrogen and oxygen atoms in total. The van der Waals surface area contributed by atoms with Crippen molar-refractivity contribution in [3.8, 4) is 17.0 Å². The van der Waals surface area contributed by atoms with Crippen LogP contribution in [0.15, 0.2) is 36.5 Å². The summed E-state index contributed by atoms with van der Waals surface area (Å²) in [6.07, 6.45) is 4.11. The van der Waals surface area contributed by atoms with Crippen LogP contribution in [-0.4, -0.2) is 70.6 Å². The molecule has 0 radical (unpaired) electrons. The molecule has 1 aliphatic carbocycles. The van der Waals surface area contributed by atoms with Crippen molar-refractivity contribution in [2.24, 2.45) is 11.8 Å². The van der Waals surface area contributed by atoms with Crippen LogP contribution in [0.1, 0.15) is 43.5 Å². The van der Waals surface area contributed by atoms with Crippen molar-refractivity contribution in [3.63, 3.8) is 0 Å². The fourth-order valence-electron chi connectivity index (χ4n) is 4.47. The fourth-order valence-corrected chi connectivity index (χ4v) is 4.47. The van der Waals surface area contributed by atoms with Gasteiger partial charge in [0.25, 0.3) is 5.91 Å². The Labute approximate surface area is 199 Å². The van der Waals surface area contributed by atoms with Crippen LogP contribution in [0.5, 0.6) is 5.88 Å². The van der Waals surface area contributed by atoms with Crippen LogP contribution >= 0.6 is 0 Å². The summed E-state index contributed by atoms with van der Waals surface area (Å²) in [6, 6.07) is 7.35. The van der Waals surface area contributed by atoms with E-state index >= 15 is 0 Å². The highest BCUT2D eigenvalue weighted by Crippen LogP contribution is 2.32. The Balaban J connectivity index is 1.68. The van der Waals surface area contributed by atoms with Gasteiger partial charge in [0, 0.05) is 37.2 Å². The Morgan fingerprint density at radius 1 is 1.32 bits per heavy atom. The van der Waals surface area contributed by atoms with Gasteiger partial charge in [-0.1, -0.05) is 25.5 Å². The Hall–Kier alpha value is -3.00. The van der Waals surface area contributed by atoms with E-state index in [-0.39, 0.29) is 53.6 Å². The van der Waals surface area contributed by atoms with E-state index in [1.807, 2.05) is 6.92 Å². The molecule has 8 heteroatoms. The van der Waals surface area contributed by atoms with Crippen LogP contribution in [0, 0.1) is 17.7 Å². The maximum atomic E-state index is 13.8. The molecule has 1 aromatic heterocycles. The van der Waals surface area contributed by atoms with Gasteiger partial charge in [0.05, 0.1) is 19.2 Å². The van der Waals surface area contributed by atoms with E-state index in [2.05, 4.69) is 4.98 Å². The number of pyridine rings is 1. The highest BCUT2D eigenvalue weighted by molar-refractivity contribution is 5.98. The largest absolute Gasteiger partial charge is 0.472 e. The molecule has 182 valence electrons. The van der Waals surface area contributed by atoms with Crippen molar-refractivity contribution in [3.05, 3.63) is 47.9 Å². The number of aliphatic hydroxyl groups excluding tert-OH is 1. The summed E-state index contributed by atoms with van der Waals surface area (Å²) in [5.74, 6) is -0.397. The number of nitrogens with zero attached hydrogens (tertiary/aromatic N) is 3. The zero-order valence-electron chi connectivity index (χ0n) is 19.9.